The minimum absolute atomic E-state index is 0.802. The molecule has 2 aromatic rings. The molecule has 0 aliphatic rings. The van der Waals surface area contributed by atoms with Gasteiger partial charge in [-0.3, -0.25) is 0 Å². The van der Waals surface area contributed by atoms with Crippen LogP contribution in [-0.2, 0) is 13.1 Å². The van der Waals surface area contributed by atoms with Crippen molar-refractivity contribution in [1.82, 2.24) is 14.5 Å². The van der Waals surface area contributed by atoms with Crippen LogP contribution in [0.15, 0.2) is 11.7 Å². The minimum atomic E-state index is 0.802. The van der Waals surface area contributed by atoms with Crippen LogP contribution in [0.1, 0.15) is 29.6 Å². The lowest BCUT2D eigenvalue weighted by Gasteiger charge is -2.07. The first-order valence-corrected chi connectivity index (χ1v) is 6.75. The molecule has 2 heterocycles. The molecule has 5 heteroatoms. The van der Waals surface area contributed by atoms with Crippen LogP contribution in [0.4, 0.5) is 5.95 Å². The van der Waals surface area contributed by atoms with Crippen molar-refractivity contribution in [1.29, 1.82) is 0 Å². The number of aromatic nitrogens is 3. The molecule has 0 unspecified atom stereocenters. The van der Waals surface area contributed by atoms with Gasteiger partial charge in [0.1, 0.15) is 0 Å². The molecule has 0 aliphatic heterocycles. The van der Waals surface area contributed by atoms with Gasteiger partial charge in [-0.2, -0.15) is 0 Å². The second-order valence-corrected chi connectivity index (χ2v) is 5.05. The third-order valence-corrected chi connectivity index (χ3v) is 3.55. The monoisotopic (exact) mass is 250 g/mol. The Morgan fingerprint density at radius 3 is 2.88 bits per heavy atom. The number of hydrogen-bond acceptors (Lipinski definition) is 4. The van der Waals surface area contributed by atoms with Crippen LogP contribution < -0.4 is 5.32 Å². The maximum absolute atomic E-state index is 4.49. The lowest BCUT2D eigenvalue weighted by Crippen LogP contribution is -2.07. The Hall–Kier alpha value is -1.36. The maximum atomic E-state index is 4.49. The second kappa shape index (κ2) is 5.31. The summed E-state index contributed by atoms with van der Waals surface area (Å²) in [7, 11) is 0. The third-order valence-electron chi connectivity index (χ3n) is 2.61. The lowest BCUT2D eigenvalue weighted by atomic mass is 10.4. The van der Waals surface area contributed by atoms with E-state index in [4.69, 9.17) is 0 Å². The highest BCUT2D eigenvalue weighted by Gasteiger charge is 2.06. The number of rotatable bonds is 5. The molecule has 0 bridgehead atoms. The van der Waals surface area contributed by atoms with Crippen molar-refractivity contribution in [3.8, 4) is 0 Å². The predicted molar refractivity (Wildman–Crippen MR) is 71.4 cm³/mol. The van der Waals surface area contributed by atoms with E-state index >= 15 is 0 Å². The SMILES string of the molecule is CCCn1cc(C)nc1NCc1scnc1C. The van der Waals surface area contributed by atoms with E-state index in [0.717, 1.165) is 36.8 Å². The highest BCUT2D eigenvalue weighted by molar-refractivity contribution is 7.09. The smallest absolute Gasteiger partial charge is 0.203 e. The Labute approximate surface area is 106 Å². The van der Waals surface area contributed by atoms with Gasteiger partial charge >= 0.3 is 0 Å². The topological polar surface area (TPSA) is 42.7 Å². The van der Waals surface area contributed by atoms with Crippen molar-refractivity contribution >= 4 is 17.3 Å². The molecule has 0 aliphatic carbocycles. The summed E-state index contributed by atoms with van der Waals surface area (Å²) in [6.07, 6.45) is 3.20. The van der Waals surface area contributed by atoms with E-state index in [0.29, 0.717) is 0 Å². The normalized spacial score (nSPS) is 10.8. The van der Waals surface area contributed by atoms with Gasteiger partial charge < -0.3 is 9.88 Å². The van der Waals surface area contributed by atoms with Crippen molar-refractivity contribution < 1.29 is 0 Å². The van der Waals surface area contributed by atoms with E-state index in [1.807, 2.05) is 19.4 Å². The summed E-state index contributed by atoms with van der Waals surface area (Å²) in [6, 6.07) is 0. The van der Waals surface area contributed by atoms with Gasteiger partial charge in [-0.1, -0.05) is 6.92 Å². The van der Waals surface area contributed by atoms with Gasteiger partial charge in [0.2, 0.25) is 5.95 Å². The van der Waals surface area contributed by atoms with E-state index in [-0.39, 0.29) is 0 Å². The average molecular weight is 250 g/mol. The fourth-order valence-electron chi connectivity index (χ4n) is 1.75. The van der Waals surface area contributed by atoms with Crippen molar-refractivity contribution in [3.63, 3.8) is 0 Å². The Morgan fingerprint density at radius 2 is 2.24 bits per heavy atom. The van der Waals surface area contributed by atoms with E-state index in [1.54, 1.807) is 11.3 Å². The summed E-state index contributed by atoms with van der Waals surface area (Å²) in [4.78, 5) is 10.0. The van der Waals surface area contributed by atoms with Crippen LogP contribution in [-0.4, -0.2) is 14.5 Å². The third kappa shape index (κ3) is 2.85. The van der Waals surface area contributed by atoms with Gasteiger partial charge in [-0.25, -0.2) is 9.97 Å². The molecule has 0 atom stereocenters. The van der Waals surface area contributed by atoms with Gasteiger partial charge in [-0.15, -0.1) is 11.3 Å². The first-order chi connectivity index (χ1) is 8.20. The van der Waals surface area contributed by atoms with Crippen molar-refractivity contribution in [2.24, 2.45) is 0 Å². The van der Waals surface area contributed by atoms with Crippen LogP contribution in [0.2, 0.25) is 0 Å². The number of anilines is 1. The quantitative estimate of drug-likeness (QED) is 0.887. The molecular weight excluding hydrogens is 232 g/mol. The van der Waals surface area contributed by atoms with E-state index in [1.165, 1.54) is 4.88 Å². The summed E-state index contributed by atoms with van der Waals surface area (Å²) in [5.41, 5.74) is 4.05. The van der Waals surface area contributed by atoms with Crippen LogP contribution in [0, 0.1) is 13.8 Å². The molecule has 17 heavy (non-hydrogen) atoms. The molecule has 0 saturated heterocycles. The molecule has 2 rings (SSSR count). The molecule has 0 fully saturated rings. The molecule has 1 N–H and O–H groups in total. The fourth-order valence-corrected chi connectivity index (χ4v) is 2.47. The molecule has 2 aromatic heterocycles. The molecular formula is C12H18N4S. The summed E-state index contributed by atoms with van der Waals surface area (Å²) < 4.78 is 2.17. The number of hydrogen-bond donors (Lipinski definition) is 1. The highest BCUT2D eigenvalue weighted by atomic mass is 32.1. The lowest BCUT2D eigenvalue weighted by molar-refractivity contribution is 0.682. The van der Waals surface area contributed by atoms with Crippen molar-refractivity contribution in [2.75, 3.05) is 5.32 Å². The van der Waals surface area contributed by atoms with E-state index in [9.17, 15) is 0 Å². The maximum Gasteiger partial charge on any atom is 0.203 e. The summed E-state index contributed by atoms with van der Waals surface area (Å²) in [5.74, 6) is 0.956. The second-order valence-electron chi connectivity index (χ2n) is 4.11. The zero-order valence-electron chi connectivity index (χ0n) is 10.5. The van der Waals surface area contributed by atoms with Gasteiger partial charge in [0.15, 0.2) is 0 Å². The fraction of sp³-hybridized carbons (Fsp3) is 0.500. The zero-order valence-corrected chi connectivity index (χ0v) is 11.3. The number of nitrogens with one attached hydrogen (secondary N) is 1. The first-order valence-electron chi connectivity index (χ1n) is 5.87. The van der Waals surface area contributed by atoms with Gasteiger partial charge in [-0.05, 0) is 20.3 Å². The summed E-state index contributed by atoms with van der Waals surface area (Å²) in [5, 5.41) is 3.38. The first kappa shape index (κ1) is 12.1. The number of aryl methyl sites for hydroxylation is 3. The number of imidazole rings is 1. The summed E-state index contributed by atoms with van der Waals surface area (Å²) in [6.45, 7) is 8.04. The zero-order chi connectivity index (χ0) is 12.3. The van der Waals surface area contributed by atoms with Crippen LogP contribution in [0.5, 0.6) is 0 Å². The molecule has 4 nitrogen and oxygen atoms in total. The summed E-state index contributed by atoms with van der Waals surface area (Å²) >= 11 is 1.68. The van der Waals surface area contributed by atoms with E-state index < -0.39 is 0 Å². The predicted octanol–water partition coefficient (Wildman–Crippen LogP) is 2.98. The van der Waals surface area contributed by atoms with Gasteiger partial charge in [0.25, 0.3) is 0 Å². The standard InChI is InChI=1S/C12H18N4S/c1-4-5-16-7-9(2)15-12(16)13-6-11-10(3)14-8-17-11/h7-8H,4-6H2,1-3H3,(H,13,15). The molecule has 0 radical (unpaired) electrons. The van der Waals surface area contributed by atoms with Crippen LogP contribution in [0.25, 0.3) is 0 Å². The molecule has 92 valence electrons. The van der Waals surface area contributed by atoms with Gasteiger partial charge in [0, 0.05) is 17.6 Å². The molecule has 0 amide bonds. The molecule has 0 spiro atoms. The Balaban J connectivity index is 2.05. The Morgan fingerprint density at radius 1 is 1.41 bits per heavy atom. The van der Waals surface area contributed by atoms with Crippen LogP contribution in [0.3, 0.4) is 0 Å². The van der Waals surface area contributed by atoms with E-state index in [2.05, 4.69) is 33.0 Å². The largest absolute Gasteiger partial charge is 0.351 e. The number of thiazole rings is 1. The average Bonchev–Trinajstić information content (AvgIpc) is 2.83. The van der Waals surface area contributed by atoms with Crippen molar-refractivity contribution in [3.05, 3.63) is 28.0 Å². The minimum Gasteiger partial charge on any atom is -0.351 e. The molecule has 0 saturated carbocycles. The number of nitrogens with zero attached hydrogens (tertiary/aromatic N) is 3. The van der Waals surface area contributed by atoms with Crippen molar-refractivity contribution in [2.45, 2.75) is 40.3 Å². The Kier molecular flexibility index (Phi) is 3.78. The van der Waals surface area contributed by atoms with Crippen LogP contribution >= 0.6 is 11.3 Å². The Bertz CT molecular complexity index is 486. The van der Waals surface area contributed by atoms with Gasteiger partial charge in [0.05, 0.1) is 23.4 Å². The highest BCUT2D eigenvalue weighted by Crippen LogP contribution is 2.15. The molecule has 0 aromatic carbocycles.